The number of halogens is 1. The number of benzene rings is 2. The third-order valence-corrected chi connectivity index (χ3v) is 5.71. The fourth-order valence-corrected chi connectivity index (χ4v) is 4.34. The third-order valence-electron chi connectivity index (χ3n) is 5.71. The van der Waals surface area contributed by atoms with Gasteiger partial charge in [0.1, 0.15) is 6.54 Å². The summed E-state index contributed by atoms with van der Waals surface area (Å²) in [6, 6.07) is 15.5. The smallest absolute Gasteiger partial charge is 0.242 e. The molecule has 154 valence electrons. The van der Waals surface area contributed by atoms with Gasteiger partial charge in [-0.1, -0.05) is 31.2 Å². The van der Waals surface area contributed by atoms with Crippen molar-refractivity contribution in [1.82, 2.24) is 14.8 Å². The first-order chi connectivity index (χ1) is 13.7. The second-order valence-corrected chi connectivity index (χ2v) is 7.52. The predicted octanol–water partition coefficient (Wildman–Crippen LogP) is 3.57. The fourth-order valence-electron chi connectivity index (χ4n) is 4.34. The number of carbonyl (C=O) groups is 1. The molecule has 5 nitrogen and oxygen atoms in total. The van der Waals surface area contributed by atoms with Crippen LogP contribution in [-0.2, 0) is 11.3 Å². The number of hydrogen-bond donors (Lipinski definition) is 1. The Labute approximate surface area is 177 Å². The minimum Gasteiger partial charge on any atom is -0.338 e. The highest BCUT2D eigenvalue weighted by Gasteiger charge is 2.25. The number of amides is 1. The lowest BCUT2D eigenvalue weighted by molar-refractivity contribution is -0.134. The van der Waals surface area contributed by atoms with Gasteiger partial charge in [-0.2, -0.15) is 0 Å². The molecule has 6 heteroatoms. The number of rotatable bonds is 5. The van der Waals surface area contributed by atoms with E-state index < -0.39 is 0 Å². The summed E-state index contributed by atoms with van der Waals surface area (Å²) in [5.41, 5.74) is 1.67. The van der Waals surface area contributed by atoms with Crippen molar-refractivity contribution in [1.29, 1.82) is 0 Å². The van der Waals surface area contributed by atoms with Crippen molar-refractivity contribution in [3.63, 3.8) is 0 Å². The van der Waals surface area contributed by atoms with Gasteiger partial charge < -0.3 is 14.8 Å². The Morgan fingerprint density at radius 2 is 1.59 bits per heavy atom. The van der Waals surface area contributed by atoms with Gasteiger partial charge in [0.05, 0.1) is 11.0 Å². The van der Waals surface area contributed by atoms with Crippen LogP contribution in [0.3, 0.4) is 0 Å². The van der Waals surface area contributed by atoms with Crippen LogP contribution in [0.15, 0.2) is 53.3 Å². The van der Waals surface area contributed by atoms with Crippen LogP contribution in [0, 0.1) is 0 Å². The molecule has 1 aliphatic rings. The quantitative estimate of drug-likeness (QED) is 0.650. The summed E-state index contributed by atoms with van der Waals surface area (Å²) in [6.45, 7) is 5.07. The molecule has 0 aliphatic carbocycles. The molecule has 1 saturated heterocycles. The van der Waals surface area contributed by atoms with Crippen LogP contribution in [0.1, 0.15) is 26.2 Å². The van der Waals surface area contributed by atoms with Crippen LogP contribution < -0.4 is 10.7 Å². The van der Waals surface area contributed by atoms with Crippen LogP contribution in [0.5, 0.6) is 0 Å². The van der Waals surface area contributed by atoms with Crippen molar-refractivity contribution in [2.75, 3.05) is 19.6 Å². The van der Waals surface area contributed by atoms with E-state index in [4.69, 9.17) is 0 Å². The summed E-state index contributed by atoms with van der Waals surface area (Å²) in [7, 11) is 0. The van der Waals surface area contributed by atoms with Crippen LogP contribution in [0.4, 0.5) is 0 Å². The van der Waals surface area contributed by atoms with E-state index in [0.717, 1.165) is 49.9 Å². The lowest BCUT2D eigenvalue weighted by atomic mass is 10.0. The first-order valence-corrected chi connectivity index (χ1v) is 10.2. The Hall–Kier alpha value is -2.37. The zero-order valence-corrected chi connectivity index (χ0v) is 17.6. The minimum atomic E-state index is 0. The lowest BCUT2D eigenvalue weighted by Crippen LogP contribution is -2.47. The molecule has 2 heterocycles. The SMILES string of the molecule is CCCN(C(=O)Cn1c2ccccc2c(=O)c2ccccc21)C1CCNCC1.Cl. The van der Waals surface area contributed by atoms with E-state index in [-0.39, 0.29) is 30.3 Å². The molecule has 1 N–H and O–H groups in total. The maximum atomic E-state index is 13.4. The number of fused-ring (bicyclic) bond motifs is 2. The Balaban J connectivity index is 0.00000240. The molecule has 0 unspecified atom stereocenters. The lowest BCUT2D eigenvalue weighted by Gasteiger charge is -2.35. The number of aromatic nitrogens is 1. The molecule has 0 atom stereocenters. The highest BCUT2D eigenvalue weighted by molar-refractivity contribution is 5.94. The molecule has 1 aliphatic heterocycles. The molecule has 29 heavy (non-hydrogen) atoms. The van der Waals surface area contributed by atoms with Gasteiger partial charge in [0.2, 0.25) is 5.91 Å². The number of hydrogen-bond acceptors (Lipinski definition) is 3. The molecule has 1 aromatic heterocycles. The second kappa shape index (κ2) is 9.42. The molecule has 2 aromatic carbocycles. The summed E-state index contributed by atoms with van der Waals surface area (Å²) >= 11 is 0. The largest absolute Gasteiger partial charge is 0.338 e. The summed E-state index contributed by atoms with van der Waals surface area (Å²) in [6.07, 6.45) is 2.94. The molecule has 4 rings (SSSR count). The van der Waals surface area contributed by atoms with Gasteiger partial charge in [-0.25, -0.2) is 0 Å². The summed E-state index contributed by atoms with van der Waals surface area (Å²) < 4.78 is 2.01. The maximum absolute atomic E-state index is 13.4. The van der Waals surface area contributed by atoms with Gasteiger partial charge in [0, 0.05) is 23.4 Å². The predicted molar refractivity (Wildman–Crippen MR) is 121 cm³/mol. The van der Waals surface area contributed by atoms with Crippen molar-refractivity contribution in [3.8, 4) is 0 Å². The summed E-state index contributed by atoms with van der Waals surface area (Å²) in [4.78, 5) is 28.3. The van der Waals surface area contributed by atoms with Crippen LogP contribution >= 0.6 is 12.4 Å². The zero-order chi connectivity index (χ0) is 19.5. The van der Waals surface area contributed by atoms with Crippen molar-refractivity contribution in [2.45, 2.75) is 38.8 Å². The highest BCUT2D eigenvalue weighted by Crippen LogP contribution is 2.20. The average Bonchev–Trinajstić information content (AvgIpc) is 2.75. The van der Waals surface area contributed by atoms with Crippen molar-refractivity contribution >= 4 is 40.1 Å². The Morgan fingerprint density at radius 1 is 1.03 bits per heavy atom. The molecule has 3 aromatic rings. The van der Waals surface area contributed by atoms with E-state index in [1.165, 1.54) is 0 Å². The number of nitrogens with zero attached hydrogens (tertiary/aromatic N) is 2. The van der Waals surface area contributed by atoms with Crippen LogP contribution in [0.25, 0.3) is 21.8 Å². The van der Waals surface area contributed by atoms with Crippen molar-refractivity contribution < 1.29 is 4.79 Å². The van der Waals surface area contributed by atoms with Gasteiger partial charge in [-0.05, 0) is 56.6 Å². The third kappa shape index (κ3) is 4.16. The fraction of sp³-hybridized carbons (Fsp3) is 0.391. The minimum absolute atomic E-state index is 0. The monoisotopic (exact) mass is 413 g/mol. The standard InChI is InChI=1S/C23H27N3O2.ClH/c1-2-15-25(17-11-13-24-14-12-17)22(27)16-26-20-9-5-3-7-18(20)23(28)19-8-4-6-10-21(19)26;/h3-10,17,24H,2,11-16H2,1H3;1H. The normalized spacial score (nSPS) is 14.7. The van der Waals surface area contributed by atoms with E-state index in [1.54, 1.807) is 0 Å². The van der Waals surface area contributed by atoms with E-state index >= 15 is 0 Å². The Morgan fingerprint density at radius 3 is 2.14 bits per heavy atom. The number of carbonyl (C=O) groups excluding carboxylic acids is 1. The first kappa shape index (κ1) is 21.3. The molecular weight excluding hydrogens is 386 g/mol. The average molecular weight is 414 g/mol. The number of para-hydroxylation sites is 2. The van der Waals surface area contributed by atoms with E-state index in [9.17, 15) is 9.59 Å². The highest BCUT2D eigenvalue weighted by atomic mass is 35.5. The molecule has 0 spiro atoms. The van der Waals surface area contributed by atoms with Gasteiger partial charge in [-0.15, -0.1) is 12.4 Å². The van der Waals surface area contributed by atoms with E-state index in [2.05, 4.69) is 17.1 Å². The molecule has 1 fully saturated rings. The zero-order valence-electron chi connectivity index (χ0n) is 16.8. The van der Waals surface area contributed by atoms with Crippen LogP contribution in [0.2, 0.25) is 0 Å². The summed E-state index contributed by atoms with van der Waals surface area (Å²) in [5.74, 6) is 0.132. The van der Waals surface area contributed by atoms with Gasteiger partial charge in [-0.3, -0.25) is 9.59 Å². The van der Waals surface area contributed by atoms with Gasteiger partial charge in [0.25, 0.3) is 0 Å². The molecule has 1 amide bonds. The van der Waals surface area contributed by atoms with Crippen LogP contribution in [-0.4, -0.2) is 41.1 Å². The number of nitrogens with one attached hydrogen (secondary N) is 1. The maximum Gasteiger partial charge on any atom is 0.242 e. The Kier molecular flexibility index (Phi) is 6.93. The Bertz CT molecular complexity index is 997. The molecule has 0 saturated carbocycles. The van der Waals surface area contributed by atoms with E-state index in [1.807, 2.05) is 53.1 Å². The first-order valence-electron chi connectivity index (χ1n) is 10.2. The number of piperidine rings is 1. The van der Waals surface area contributed by atoms with E-state index in [0.29, 0.717) is 16.8 Å². The van der Waals surface area contributed by atoms with Crippen molar-refractivity contribution in [3.05, 3.63) is 58.8 Å². The second-order valence-electron chi connectivity index (χ2n) is 7.52. The molecule has 0 bridgehead atoms. The topological polar surface area (TPSA) is 54.3 Å². The van der Waals surface area contributed by atoms with Gasteiger partial charge in [0.15, 0.2) is 5.43 Å². The van der Waals surface area contributed by atoms with Crippen molar-refractivity contribution in [2.24, 2.45) is 0 Å². The number of pyridine rings is 1. The molecular formula is C23H28ClN3O2. The summed E-state index contributed by atoms with van der Waals surface area (Å²) in [5, 5.41) is 4.71. The molecule has 0 radical (unpaired) electrons. The van der Waals surface area contributed by atoms with Gasteiger partial charge >= 0.3 is 0 Å².